The molecule has 0 radical (unpaired) electrons. The number of rotatable bonds is 7. The average molecular weight is 530 g/mol. The summed E-state index contributed by atoms with van der Waals surface area (Å²) < 4.78 is 6.53. The number of methoxy groups -OCH3 is 1. The Kier molecular flexibility index (Phi) is 6.95. The van der Waals surface area contributed by atoms with E-state index in [4.69, 9.17) is 22.1 Å². The van der Waals surface area contributed by atoms with Gasteiger partial charge in [0.2, 0.25) is 5.91 Å². The van der Waals surface area contributed by atoms with E-state index in [1.165, 1.54) is 7.11 Å². The Morgan fingerprint density at radius 1 is 1.00 bits per heavy atom. The van der Waals surface area contributed by atoms with Crippen LogP contribution in [0.25, 0.3) is 16.9 Å². The summed E-state index contributed by atoms with van der Waals surface area (Å²) in [6, 6.07) is 19.5. The number of fused-ring (bicyclic) bond motifs is 3. The molecule has 1 aliphatic carbocycles. The monoisotopic (exact) mass is 529 g/mol. The third-order valence-electron chi connectivity index (χ3n) is 6.27. The summed E-state index contributed by atoms with van der Waals surface area (Å²) in [6.45, 7) is -0.0531. The molecule has 0 saturated carbocycles. The van der Waals surface area contributed by atoms with Crippen molar-refractivity contribution in [2.24, 2.45) is 5.73 Å². The fraction of sp³-hybridized carbons (Fsp3) is 0.143. The van der Waals surface area contributed by atoms with E-state index in [0.717, 1.165) is 22.4 Å². The Morgan fingerprint density at radius 3 is 2.45 bits per heavy atom. The average Bonchev–Trinajstić information content (AvgIpc) is 3.30. The SMILES string of the molecule is COCC(=O)Nc1ccc(-n2nc(C(N)=O)c3c2-c2cc(NC(=O)c4ccccc4Cl)ccc2CC3)cc1. The van der Waals surface area contributed by atoms with Crippen LogP contribution in [0.5, 0.6) is 0 Å². The Morgan fingerprint density at radius 2 is 1.74 bits per heavy atom. The lowest BCUT2D eigenvalue weighted by molar-refractivity contribution is -0.119. The fourth-order valence-corrected chi connectivity index (χ4v) is 4.78. The third-order valence-corrected chi connectivity index (χ3v) is 6.60. The number of nitrogens with zero attached hydrogens (tertiary/aromatic N) is 2. The molecule has 0 fully saturated rings. The fourth-order valence-electron chi connectivity index (χ4n) is 4.56. The van der Waals surface area contributed by atoms with Gasteiger partial charge in [-0.25, -0.2) is 4.68 Å². The summed E-state index contributed by atoms with van der Waals surface area (Å²) in [5.41, 5.74) is 11.5. The first-order chi connectivity index (χ1) is 18.4. The largest absolute Gasteiger partial charge is 0.375 e. The molecule has 3 aromatic carbocycles. The summed E-state index contributed by atoms with van der Waals surface area (Å²) >= 11 is 6.20. The molecular weight excluding hydrogens is 506 g/mol. The number of carbonyl (C=O) groups excluding carboxylic acids is 3. The van der Waals surface area contributed by atoms with Crippen LogP contribution < -0.4 is 16.4 Å². The van der Waals surface area contributed by atoms with Gasteiger partial charge in [0, 0.05) is 29.6 Å². The van der Waals surface area contributed by atoms with Gasteiger partial charge < -0.3 is 21.1 Å². The van der Waals surface area contributed by atoms with E-state index >= 15 is 0 Å². The normalized spacial score (nSPS) is 11.8. The number of benzene rings is 3. The van der Waals surface area contributed by atoms with Crippen molar-refractivity contribution in [2.75, 3.05) is 24.4 Å². The Balaban J connectivity index is 1.53. The second kappa shape index (κ2) is 10.5. The number of hydrogen-bond donors (Lipinski definition) is 3. The van der Waals surface area contributed by atoms with Gasteiger partial charge in [-0.15, -0.1) is 0 Å². The minimum atomic E-state index is -0.616. The number of ether oxygens (including phenoxy) is 1. The quantitative estimate of drug-likeness (QED) is 0.330. The molecule has 0 atom stereocenters. The lowest BCUT2D eigenvalue weighted by Gasteiger charge is -2.20. The van der Waals surface area contributed by atoms with E-state index in [-0.39, 0.29) is 24.1 Å². The van der Waals surface area contributed by atoms with Gasteiger partial charge in [0.05, 0.1) is 22.0 Å². The predicted molar refractivity (Wildman–Crippen MR) is 145 cm³/mol. The molecule has 1 aliphatic rings. The maximum absolute atomic E-state index is 12.9. The first kappa shape index (κ1) is 25.2. The molecule has 1 heterocycles. The zero-order valence-electron chi connectivity index (χ0n) is 20.5. The van der Waals surface area contributed by atoms with Crippen molar-refractivity contribution in [3.8, 4) is 16.9 Å². The van der Waals surface area contributed by atoms with Gasteiger partial charge in [-0.3, -0.25) is 14.4 Å². The first-order valence-electron chi connectivity index (χ1n) is 11.9. The minimum absolute atomic E-state index is 0.0531. The summed E-state index contributed by atoms with van der Waals surface area (Å²) in [6.07, 6.45) is 1.29. The molecule has 9 nitrogen and oxygen atoms in total. The van der Waals surface area contributed by atoms with Crippen molar-refractivity contribution >= 4 is 40.7 Å². The molecule has 5 rings (SSSR count). The highest BCUT2D eigenvalue weighted by Crippen LogP contribution is 2.38. The summed E-state index contributed by atoms with van der Waals surface area (Å²) in [7, 11) is 1.45. The van der Waals surface area contributed by atoms with Crippen LogP contribution in [0.2, 0.25) is 5.02 Å². The highest BCUT2D eigenvalue weighted by Gasteiger charge is 2.28. The van der Waals surface area contributed by atoms with E-state index in [1.807, 2.05) is 18.2 Å². The molecule has 0 bridgehead atoms. The molecule has 4 N–H and O–H groups in total. The Bertz CT molecular complexity index is 1560. The van der Waals surface area contributed by atoms with Crippen LogP contribution in [0.1, 0.15) is 32.0 Å². The number of nitrogens with two attached hydrogens (primary N) is 1. The molecule has 38 heavy (non-hydrogen) atoms. The van der Waals surface area contributed by atoms with Crippen molar-refractivity contribution < 1.29 is 19.1 Å². The van der Waals surface area contributed by atoms with Crippen LogP contribution >= 0.6 is 11.6 Å². The van der Waals surface area contributed by atoms with Crippen molar-refractivity contribution in [1.29, 1.82) is 0 Å². The van der Waals surface area contributed by atoms with Gasteiger partial charge in [-0.1, -0.05) is 29.8 Å². The molecule has 1 aromatic heterocycles. The number of primary amides is 1. The van der Waals surface area contributed by atoms with Gasteiger partial charge in [0.25, 0.3) is 11.8 Å². The second-order valence-electron chi connectivity index (χ2n) is 8.79. The van der Waals surface area contributed by atoms with E-state index in [0.29, 0.717) is 40.5 Å². The number of halogens is 1. The van der Waals surface area contributed by atoms with E-state index in [2.05, 4.69) is 15.7 Å². The van der Waals surface area contributed by atoms with Crippen LogP contribution in [0.15, 0.2) is 66.7 Å². The zero-order chi connectivity index (χ0) is 26.8. The van der Waals surface area contributed by atoms with E-state index < -0.39 is 5.91 Å². The number of hydrogen-bond acceptors (Lipinski definition) is 5. The van der Waals surface area contributed by atoms with Gasteiger partial charge in [0.15, 0.2) is 5.69 Å². The first-order valence-corrected chi connectivity index (χ1v) is 12.2. The molecule has 3 amide bonds. The summed E-state index contributed by atoms with van der Waals surface area (Å²) in [5, 5.41) is 10.6. The van der Waals surface area contributed by atoms with Gasteiger partial charge in [-0.2, -0.15) is 5.10 Å². The van der Waals surface area contributed by atoms with Gasteiger partial charge in [-0.05, 0) is 66.9 Å². The van der Waals surface area contributed by atoms with Gasteiger partial charge >= 0.3 is 0 Å². The summed E-state index contributed by atoms with van der Waals surface area (Å²) in [4.78, 5) is 37.0. The van der Waals surface area contributed by atoms with Crippen LogP contribution in [0, 0.1) is 0 Å². The van der Waals surface area contributed by atoms with Crippen LogP contribution in [-0.2, 0) is 22.4 Å². The molecule has 192 valence electrons. The van der Waals surface area contributed by atoms with Crippen molar-refractivity contribution in [2.45, 2.75) is 12.8 Å². The zero-order valence-corrected chi connectivity index (χ0v) is 21.2. The van der Waals surface area contributed by atoms with Crippen LogP contribution in [-0.4, -0.2) is 41.2 Å². The van der Waals surface area contributed by atoms with Crippen molar-refractivity contribution in [1.82, 2.24) is 9.78 Å². The minimum Gasteiger partial charge on any atom is -0.375 e. The molecule has 4 aromatic rings. The molecule has 10 heteroatoms. The standard InChI is InChI=1S/C28H24ClN5O4/c1-38-15-24(35)31-17-9-11-19(12-10-17)34-26-21(25(33-34)27(30)36)13-7-16-6-8-18(14-22(16)26)32-28(37)20-4-2-3-5-23(20)29/h2-6,8-12,14H,7,13,15H2,1H3,(H2,30,36)(H,31,35)(H,32,37). The third kappa shape index (κ3) is 4.89. The Labute approximate surface area is 223 Å². The lowest BCUT2D eigenvalue weighted by Crippen LogP contribution is -2.17. The van der Waals surface area contributed by atoms with Gasteiger partial charge in [0.1, 0.15) is 6.61 Å². The number of aryl methyl sites for hydroxylation is 1. The highest BCUT2D eigenvalue weighted by molar-refractivity contribution is 6.34. The van der Waals surface area contributed by atoms with Crippen molar-refractivity contribution in [3.63, 3.8) is 0 Å². The smallest absolute Gasteiger partial charge is 0.269 e. The number of carbonyl (C=O) groups is 3. The number of aromatic nitrogens is 2. The van der Waals surface area contributed by atoms with Crippen molar-refractivity contribution in [3.05, 3.63) is 94.1 Å². The topological polar surface area (TPSA) is 128 Å². The molecular formula is C28H24ClN5O4. The maximum Gasteiger partial charge on any atom is 0.269 e. The summed E-state index contributed by atoms with van der Waals surface area (Å²) in [5.74, 6) is -1.22. The molecule has 0 unspecified atom stereocenters. The van der Waals surface area contributed by atoms with Crippen LogP contribution in [0.3, 0.4) is 0 Å². The van der Waals surface area contributed by atoms with E-state index in [1.54, 1.807) is 53.2 Å². The van der Waals surface area contributed by atoms with Crippen LogP contribution in [0.4, 0.5) is 11.4 Å². The maximum atomic E-state index is 12.9. The molecule has 0 spiro atoms. The Hall–Kier alpha value is -4.47. The highest BCUT2D eigenvalue weighted by atomic mass is 35.5. The lowest BCUT2D eigenvalue weighted by atomic mass is 9.88. The number of nitrogens with one attached hydrogen (secondary N) is 2. The second-order valence-corrected chi connectivity index (χ2v) is 9.19. The number of amides is 3. The number of anilines is 2. The molecule has 0 saturated heterocycles. The molecule has 0 aliphatic heterocycles. The predicted octanol–water partition coefficient (Wildman–Crippen LogP) is 4.23. The van der Waals surface area contributed by atoms with E-state index in [9.17, 15) is 14.4 Å².